The summed E-state index contributed by atoms with van der Waals surface area (Å²) in [7, 11) is 0. The zero-order chi connectivity index (χ0) is 13.8. The second-order valence-electron chi connectivity index (χ2n) is 3.85. The lowest BCUT2D eigenvalue weighted by atomic mass is 10.2. The Kier molecular flexibility index (Phi) is 5.64. The third-order valence-corrected chi connectivity index (χ3v) is 4.52. The monoisotopic (exact) mass is 542 g/mol. The molecule has 0 fully saturated rings. The highest BCUT2D eigenvalue weighted by molar-refractivity contribution is 14.1. The average Bonchev–Trinajstić information content (AvgIpc) is 2.37. The van der Waals surface area contributed by atoms with Crippen LogP contribution in [0, 0.1) is 7.14 Å². The van der Waals surface area contributed by atoms with Gasteiger partial charge in [0, 0.05) is 10.0 Å². The first-order chi connectivity index (χ1) is 9.10. The predicted octanol–water partition coefficient (Wildman–Crippen LogP) is 5.05. The lowest BCUT2D eigenvalue weighted by Crippen LogP contribution is -2.00. The van der Waals surface area contributed by atoms with Gasteiger partial charge in [0.2, 0.25) is 0 Å². The SMILES string of the molecule is O=Cc1cc(I)c(OCc2cccc(Br)c2)c(I)c1. The summed E-state index contributed by atoms with van der Waals surface area (Å²) < 4.78 is 8.78. The van der Waals surface area contributed by atoms with Crippen LogP contribution < -0.4 is 4.74 Å². The van der Waals surface area contributed by atoms with Gasteiger partial charge in [-0.05, 0) is 75.0 Å². The summed E-state index contributed by atoms with van der Waals surface area (Å²) in [6.07, 6.45) is 0.850. The van der Waals surface area contributed by atoms with E-state index < -0.39 is 0 Å². The number of hydrogen-bond donors (Lipinski definition) is 0. The van der Waals surface area contributed by atoms with Gasteiger partial charge in [-0.3, -0.25) is 4.79 Å². The molecule has 0 radical (unpaired) electrons. The highest BCUT2D eigenvalue weighted by Crippen LogP contribution is 2.29. The molecule has 5 heteroatoms. The van der Waals surface area contributed by atoms with E-state index in [0.717, 1.165) is 29.2 Å². The first-order valence-electron chi connectivity index (χ1n) is 5.41. The fraction of sp³-hybridized carbons (Fsp3) is 0.0714. The number of halogens is 3. The Morgan fingerprint density at radius 2 is 1.84 bits per heavy atom. The Balaban J connectivity index is 2.18. The van der Waals surface area contributed by atoms with E-state index in [0.29, 0.717) is 12.2 Å². The van der Waals surface area contributed by atoms with Gasteiger partial charge < -0.3 is 4.74 Å². The van der Waals surface area contributed by atoms with Gasteiger partial charge in [0.25, 0.3) is 0 Å². The Bertz CT molecular complexity index is 591. The molecule has 0 atom stereocenters. The normalized spacial score (nSPS) is 10.3. The number of carbonyl (C=O) groups excluding carboxylic acids is 1. The first-order valence-corrected chi connectivity index (χ1v) is 8.36. The van der Waals surface area contributed by atoms with Crippen molar-refractivity contribution in [3.05, 3.63) is 59.1 Å². The van der Waals surface area contributed by atoms with Crippen LogP contribution in [0.25, 0.3) is 0 Å². The van der Waals surface area contributed by atoms with Crippen LogP contribution in [0.15, 0.2) is 40.9 Å². The van der Waals surface area contributed by atoms with Crippen molar-refractivity contribution in [3.8, 4) is 5.75 Å². The quantitative estimate of drug-likeness (QED) is 0.399. The molecular formula is C14H9BrI2O2. The van der Waals surface area contributed by atoms with Crippen LogP contribution >= 0.6 is 61.1 Å². The second-order valence-corrected chi connectivity index (χ2v) is 7.09. The molecule has 0 N–H and O–H groups in total. The smallest absolute Gasteiger partial charge is 0.150 e. The zero-order valence-corrected chi connectivity index (χ0v) is 15.6. The molecule has 0 aromatic heterocycles. The number of carbonyl (C=O) groups is 1. The van der Waals surface area contributed by atoms with Crippen LogP contribution in [0.4, 0.5) is 0 Å². The lowest BCUT2D eigenvalue weighted by molar-refractivity contribution is 0.112. The van der Waals surface area contributed by atoms with Crippen molar-refractivity contribution in [1.82, 2.24) is 0 Å². The summed E-state index contributed by atoms with van der Waals surface area (Å²) in [4.78, 5) is 10.8. The molecule has 0 saturated heterocycles. The molecule has 0 bridgehead atoms. The van der Waals surface area contributed by atoms with Gasteiger partial charge in [0.1, 0.15) is 18.6 Å². The molecule has 98 valence electrons. The van der Waals surface area contributed by atoms with Crippen LogP contribution in [0.3, 0.4) is 0 Å². The molecule has 0 amide bonds. The fourth-order valence-electron chi connectivity index (χ4n) is 1.57. The zero-order valence-electron chi connectivity index (χ0n) is 9.70. The van der Waals surface area contributed by atoms with Gasteiger partial charge >= 0.3 is 0 Å². The number of benzene rings is 2. The van der Waals surface area contributed by atoms with Crippen LogP contribution in [0.2, 0.25) is 0 Å². The number of hydrogen-bond acceptors (Lipinski definition) is 2. The van der Waals surface area contributed by atoms with Crippen molar-refractivity contribution >= 4 is 67.4 Å². The summed E-state index contributed by atoms with van der Waals surface area (Å²) in [6, 6.07) is 11.7. The average molecular weight is 543 g/mol. The van der Waals surface area contributed by atoms with Gasteiger partial charge in [-0.1, -0.05) is 28.1 Å². The van der Waals surface area contributed by atoms with Crippen molar-refractivity contribution < 1.29 is 9.53 Å². The maximum Gasteiger partial charge on any atom is 0.150 e. The van der Waals surface area contributed by atoms with Gasteiger partial charge in [-0.25, -0.2) is 0 Å². The summed E-state index contributed by atoms with van der Waals surface area (Å²) in [6.45, 7) is 0.506. The minimum Gasteiger partial charge on any atom is -0.487 e. The van der Waals surface area contributed by atoms with Crippen LogP contribution in [0.1, 0.15) is 15.9 Å². The third-order valence-electron chi connectivity index (χ3n) is 2.43. The molecule has 0 aliphatic carbocycles. The Labute approximate surface area is 147 Å². The maximum absolute atomic E-state index is 10.8. The molecular weight excluding hydrogens is 534 g/mol. The van der Waals surface area contributed by atoms with E-state index in [9.17, 15) is 4.79 Å². The summed E-state index contributed by atoms with van der Waals surface area (Å²) in [5.41, 5.74) is 1.77. The lowest BCUT2D eigenvalue weighted by Gasteiger charge is -2.11. The van der Waals surface area contributed by atoms with Crippen molar-refractivity contribution in [2.24, 2.45) is 0 Å². The summed E-state index contributed by atoms with van der Waals surface area (Å²) >= 11 is 7.81. The predicted molar refractivity (Wildman–Crippen MR) is 95.7 cm³/mol. The van der Waals surface area contributed by atoms with Crippen LogP contribution in [0.5, 0.6) is 5.75 Å². The fourth-order valence-corrected chi connectivity index (χ4v) is 4.14. The van der Waals surface area contributed by atoms with Gasteiger partial charge in [0.05, 0.1) is 7.14 Å². The van der Waals surface area contributed by atoms with Gasteiger partial charge in [-0.15, -0.1) is 0 Å². The largest absolute Gasteiger partial charge is 0.487 e. The van der Waals surface area contributed by atoms with E-state index in [1.165, 1.54) is 0 Å². The van der Waals surface area contributed by atoms with E-state index >= 15 is 0 Å². The van der Waals surface area contributed by atoms with E-state index in [4.69, 9.17) is 4.74 Å². The van der Waals surface area contributed by atoms with E-state index in [1.807, 2.05) is 36.4 Å². The number of aldehydes is 1. The maximum atomic E-state index is 10.8. The van der Waals surface area contributed by atoms with Crippen LogP contribution in [-0.2, 0) is 6.61 Å². The molecule has 0 aliphatic heterocycles. The topological polar surface area (TPSA) is 26.3 Å². The van der Waals surface area contributed by atoms with Crippen LogP contribution in [-0.4, -0.2) is 6.29 Å². The van der Waals surface area contributed by atoms with Crippen molar-refractivity contribution in [1.29, 1.82) is 0 Å². The van der Waals surface area contributed by atoms with Crippen molar-refractivity contribution in [3.63, 3.8) is 0 Å². The molecule has 0 saturated carbocycles. The third kappa shape index (κ3) is 4.16. The second kappa shape index (κ2) is 7.03. The van der Waals surface area contributed by atoms with Crippen molar-refractivity contribution in [2.75, 3.05) is 0 Å². The van der Waals surface area contributed by atoms with Gasteiger partial charge in [0.15, 0.2) is 0 Å². The molecule has 0 heterocycles. The summed E-state index contributed by atoms with van der Waals surface area (Å²) in [5.74, 6) is 0.826. The molecule has 2 aromatic rings. The minimum atomic E-state index is 0.506. The van der Waals surface area contributed by atoms with Crippen molar-refractivity contribution in [2.45, 2.75) is 6.61 Å². The summed E-state index contributed by atoms with van der Waals surface area (Å²) in [5, 5.41) is 0. The van der Waals surface area contributed by atoms with E-state index in [1.54, 1.807) is 0 Å². The highest BCUT2D eigenvalue weighted by Gasteiger charge is 2.09. The molecule has 2 nitrogen and oxygen atoms in total. The first kappa shape index (κ1) is 15.2. The molecule has 0 unspecified atom stereocenters. The molecule has 2 rings (SSSR count). The Hall–Kier alpha value is -0.150. The van der Waals surface area contributed by atoms with Gasteiger partial charge in [-0.2, -0.15) is 0 Å². The minimum absolute atomic E-state index is 0.506. The highest BCUT2D eigenvalue weighted by atomic mass is 127. The number of rotatable bonds is 4. The molecule has 19 heavy (non-hydrogen) atoms. The molecule has 0 aliphatic rings. The van der Waals surface area contributed by atoms with E-state index in [2.05, 4.69) is 61.1 Å². The molecule has 2 aromatic carbocycles. The van der Waals surface area contributed by atoms with E-state index in [-0.39, 0.29) is 0 Å². The standard InChI is InChI=1S/C14H9BrI2O2/c15-11-3-1-2-9(4-11)8-19-14-12(16)5-10(7-18)6-13(14)17/h1-7H,8H2. The Morgan fingerprint density at radius 3 is 2.42 bits per heavy atom. The number of ether oxygens (including phenoxy) is 1. The molecule has 0 spiro atoms. The Morgan fingerprint density at radius 1 is 1.16 bits per heavy atom.